The lowest BCUT2D eigenvalue weighted by atomic mass is 9.95. The van der Waals surface area contributed by atoms with Crippen LogP contribution < -0.4 is 0 Å². The van der Waals surface area contributed by atoms with Gasteiger partial charge in [0.15, 0.2) is 11.5 Å². The van der Waals surface area contributed by atoms with Gasteiger partial charge in [-0.1, -0.05) is 206 Å². The third-order valence-electron chi connectivity index (χ3n) is 10.8. The van der Waals surface area contributed by atoms with E-state index in [2.05, 4.69) is 73.7 Å². The molecule has 0 amide bonds. The van der Waals surface area contributed by atoms with Gasteiger partial charge in [0, 0.05) is 39.5 Å². The molecular weight excluding hydrogens is 789 g/mol. The van der Waals surface area contributed by atoms with Crippen LogP contribution in [0.2, 0.25) is 0 Å². The summed E-state index contributed by atoms with van der Waals surface area (Å²) in [5, 5.41) is 9.11. The molecule has 0 bridgehead atoms. The molecule has 0 radical (unpaired) electrons. The van der Waals surface area contributed by atoms with Gasteiger partial charge in [-0.3, -0.25) is 0 Å². The molecule has 6 heteroatoms. The van der Waals surface area contributed by atoms with E-state index in [4.69, 9.17) is 23.9 Å². The van der Waals surface area contributed by atoms with Gasteiger partial charge in [-0.25, -0.2) is 14.8 Å². The Hall–Kier alpha value is -8.61. The number of hydrogen-bond acceptors (Lipinski definition) is 5. The Labute approximate surface area is 372 Å². The van der Waals surface area contributed by atoms with Crippen LogP contribution in [0.25, 0.3) is 96.4 Å². The molecule has 0 aliphatic heterocycles. The molecule has 0 fully saturated rings. The number of aromatic nitrogens is 2. The predicted molar refractivity (Wildman–Crippen MR) is 258 cm³/mol. The first-order valence-electron chi connectivity index (χ1n) is 21.0. The molecular formula is C58H42N2O4. The minimum absolute atomic E-state index is 0.505. The van der Waals surface area contributed by atoms with Crippen molar-refractivity contribution < 1.29 is 18.7 Å². The zero-order valence-electron chi connectivity index (χ0n) is 35.0. The number of benzene rings is 8. The standard InChI is InChI=1S/C30H21NO3.C28H21NO/c32-27(33)20-19-21-11-7-8-16-24(21)25-17-9-10-18-26(25)30-31-28(22-12-3-1-4-13-22)29(34-30)23-14-5-2-6-15-23;1-20-12-8-9-17-23(20)24-18-10-11-19-25(24)28-29-26(21-13-4-2-5-14-21)27(30-28)22-15-6-3-7-16-22/h1-20H,(H,32,33);2-19H,1H3/b20-19+;. The average molecular weight is 831 g/mol. The fourth-order valence-corrected chi connectivity index (χ4v) is 7.76. The molecule has 0 unspecified atom stereocenters. The van der Waals surface area contributed by atoms with Crippen LogP contribution >= 0.6 is 0 Å². The summed E-state index contributed by atoms with van der Waals surface area (Å²) < 4.78 is 12.9. The number of hydrogen-bond donors (Lipinski definition) is 1. The van der Waals surface area contributed by atoms with Crippen LogP contribution in [-0.2, 0) is 4.79 Å². The predicted octanol–water partition coefficient (Wildman–Crippen LogP) is 15.1. The van der Waals surface area contributed by atoms with Gasteiger partial charge in [0.1, 0.15) is 11.4 Å². The summed E-state index contributed by atoms with van der Waals surface area (Å²) in [6.07, 6.45) is 2.75. The van der Waals surface area contributed by atoms with Crippen LogP contribution in [0.5, 0.6) is 0 Å². The second kappa shape index (κ2) is 19.0. The second-order valence-corrected chi connectivity index (χ2v) is 15.0. The highest BCUT2D eigenvalue weighted by Gasteiger charge is 2.22. The molecule has 10 aromatic rings. The van der Waals surface area contributed by atoms with Crippen molar-refractivity contribution in [2.24, 2.45) is 0 Å². The van der Waals surface area contributed by atoms with E-state index >= 15 is 0 Å². The first-order valence-corrected chi connectivity index (χ1v) is 21.0. The zero-order valence-corrected chi connectivity index (χ0v) is 35.0. The molecule has 6 nitrogen and oxygen atoms in total. The summed E-state index contributed by atoms with van der Waals surface area (Å²) in [5.41, 5.74) is 13.6. The van der Waals surface area contributed by atoms with E-state index < -0.39 is 5.97 Å². The number of carbonyl (C=O) groups is 1. The maximum absolute atomic E-state index is 11.1. The van der Waals surface area contributed by atoms with Crippen molar-refractivity contribution in [1.82, 2.24) is 9.97 Å². The highest BCUT2D eigenvalue weighted by atomic mass is 16.4. The van der Waals surface area contributed by atoms with Crippen LogP contribution in [0.3, 0.4) is 0 Å². The van der Waals surface area contributed by atoms with Crippen LogP contribution in [0, 0.1) is 6.92 Å². The largest absolute Gasteiger partial charge is 0.478 e. The molecule has 2 heterocycles. The molecule has 0 atom stereocenters. The van der Waals surface area contributed by atoms with Gasteiger partial charge >= 0.3 is 5.97 Å². The molecule has 0 spiro atoms. The molecule has 8 aromatic carbocycles. The third kappa shape index (κ3) is 8.89. The summed E-state index contributed by atoms with van der Waals surface area (Å²) in [6, 6.07) is 72.6. The Balaban J connectivity index is 0.000000163. The first-order chi connectivity index (χ1) is 31.5. The minimum atomic E-state index is -0.990. The second-order valence-electron chi connectivity index (χ2n) is 15.0. The van der Waals surface area contributed by atoms with E-state index in [1.54, 1.807) is 6.08 Å². The minimum Gasteiger partial charge on any atom is -0.478 e. The number of nitrogens with zero attached hydrogens (tertiary/aromatic N) is 2. The maximum atomic E-state index is 11.1. The van der Waals surface area contributed by atoms with E-state index in [9.17, 15) is 4.79 Å². The molecule has 10 rings (SSSR count). The van der Waals surface area contributed by atoms with Gasteiger partial charge in [0.25, 0.3) is 0 Å². The summed E-state index contributed by atoms with van der Waals surface area (Å²) in [5.74, 6) is 1.64. The molecule has 308 valence electrons. The van der Waals surface area contributed by atoms with Gasteiger partial charge in [0.05, 0.1) is 0 Å². The SMILES string of the molecule is Cc1ccccc1-c1ccccc1-c1nc(-c2ccccc2)c(-c2ccccc2)o1.O=C(O)/C=C/c1ccccc1-c1ccccc1-c1nc(-c2ccccc2)c(-c2ccccc2)o1. The molecule has 0 aliphatic rings. The van der Waals surface area contributed by atoms with Gasteiger partial charge in [-0.15, -0.1) is 0 Å². The first kappa shape index (κ1) is 40.8. The molecule has 0 aliphatic carbocycles. The lowest BCUT2D eigenvalue weighted by Gasteiger charge is -2.10. The Morgan fingerprint density at radius 2 is 0.750 bits per heavy atom. The number of rotatable bonds is 10. The fraction of sp³-hybridized carbons (Fsp3) is 0.0172. The van der Waals surface area contributed by atoms with Crippen molar-refractivity contribution in [2.75, 3.05) is 0 Å². The Morgan fingerprint density at radius 1 is 0.406 bits per heavy atom. The van der Waals surface area contributed by atoms with E-state index in [0.717, 1.165) is 78.9 Å². The quantitative estimate of drug-likeness (QED) is 0.138. The lowest BCUT2D eigenvalue weighted by molar-refractivity contribution is -0.131. The van der Waals surface area contributed by atoms with Crippen LogP contribution in [0.1, 0.15) is 11.1 Å². The van der Waals surface area contributed by atoms with E-state index in [-0.39, 0.29) is 0 Å². The number of carboxylic acids is 1. The van der Waals surface area contributed by atoms with Crippen molar-refractivity contribution in [3.05, 3.63) is 236 Å². The Morgan fingerprint density at radius 3 is 1.19 bits per heavy atom. The van der Waals surface area contributed by atoms with E-state index in [1.807, 2.05) is 152 Å². The van der Waals surface area contributed by atoms with Gasteiger partial charge in [0.2, 0.25) is 11.8 Å². The topological polar surface area (TPSA) is 89.4 Å². The summed E-state index contributed by atoms with van der Waals surface area (Å²) in [7, 11) is 0. The van der Waals surface area contributed by atoms with Crippen LogP contribution in [0.4, 0.5) is 0 Å². The highest BCUT2D eigenvalue weighted by Crippen LogP contribution is 2.41. The number of carboxylic acid groups (broad SMARTS) is 1. The fourth-order valence-electron chi connectivity index (χ4n) is 7.76. The normalized spacial score (nSPS) is 11.0. The van der Waals surface area contributed by atoms with Crippen molar-refractivity contribution in [2.45, 2.75) is 6.92 Å². The van der Waals surface area contributed by atoms with Gasteiger partial charge in [-0.2, -0.15) is 0 Å². The van der Waals surface area contributed by atoms with Crippen LogP contribution in [0.15, 0.2) is 233 Å². The van der Waals surface area contributed by atoms with Gasteiger partial charge in [-0.05, 0) is 58.5 Å². The molecule has 0 saturated carbocycles. The monoisotopic (exact) mass is 830 g/mol. The average Bonchev–Trinajstić information content (AvgIpc) is 4.02. The Bertz CT molecular complexity index is 3070. The van der Waals surface area contributed by atoms with Crippen molar-refractivity contribution in [1.29, 1.82) is 0 Å². The number of aliphatic carboxylic acids is 1. The number of aryl methyl sites for hydroxylation is 1. The van der Waals surface area contributed by atoms with Gasteiger partial charge < -0.3 is 13.9 Å². The van der Waals surface area contributed by atoms with Crippen molar-refractivity contribution in [3.63, 3.8) is 0 Å². The lowest BCUT2D eigenvalue weighted by Crippen LogP contribution is -1.90. The van der Waals surface area contributed by atoms with Crippen molar-refractivity contribution >= 4 is 12.0 Å². The highest BCUT2D eigenvalue weighted by molar-refractivity contribution is 5.91. The summed E-state index contributed by atoms with van der Waals surface area (Å²) in [6.45, 7) is 2.13. The van der Waals surface area contributed by atoms with E-state index in [1.165, 1.54) is 11.1 Å². The summed E-state index contributed by atoms with van der Waals surface area (Å²) in [4.78, 5) is 21.0. The molecule has 0 saturated heterocycles. The maximum Gasteiger partial charge on any atom is 0.328 e. The number of oxazole rings is 2. The molecule has 2 aromatic heterocycles. The smallest absolute Gasteiger partial charge is 0.328 e. The molecule has 1 N–H and O–H groups in total. The summed E-state index contributed by atoms with van der Waals surface area (Å²) >= 11 is 0. The van der Waals surface area contributed by atoms with E-state index in [0.29, 0.717) is 17.5 Å². The molecule has 64 heavy (non-hydrogen) atoms. The Kier molecular flexibility index (Phi) is 12.1. The third-order valence-corrected chi connectivity index (χ3v) is 10.8. The van der Waals surface area contributed by atoms with Crippen molar-refractivity contribution in [3.8, 4) is 90.3 Å². The zero-order chi connectivity index (χ0) is 43.7. The van der Waals surface area contributed by atoms with Crippen LogP contribution in [-0.4, -0.2) is 21.0 Å².